The third kappa shape index (κ3) is 3.36. The highest BCUT2D eigenvalue weighted by atomic mass is 127. The summed E-state index contributed by atoms with van der Waals surface area (Å²) < 4.78 is 0.616. The molecule has 6 heteroatoms. The molecular formula is C13H17IN2O3. The molecule has 0 bridgehead atoms. The van der Waals surface area contributed by atoms with Crippen LogP contribution in [-0.2, 0) is 0 Å². The number of benzene rings is 1. The first-order valence-corrected chi connectivity index (χ1v) is 7.37. The van der Waals surface area contributed by atoms with Crippen LogP contribution in [-0.4, -0.2) is 29.2 Å². The van der Waals surface area contributed by atoms with Crippen molar-refractivity contribution in [2.75, 3.05) is 18.5 Å². The van der Waals surface area contributed by atoms with Gasteiger partial charge in [0.15, 0.2) is 0 Å². The van der Waals surface area contributed by atoms with Gasteiger partial charge in [-0.1, -0.05) is 12.8 Å². The van der Waals surface area contributed by atoms with Gasteiger partial charge in [-0.15, -0.1) is 0 Å². The lowest BCUT2D eigenvalue weighted by Crippen LogP contribution is -2.39. The zero-order chi connectivity index (χ0) is 14.0. The van der Waals surface area contributed by atoms with Gasteiger partial charge in [0.1, 0.15) is 0 Å². The summed E-state index contributed by atoms with van der Waals surface area (Å²) in [7, 11) is 1.91. The zero-order valence-electron chi connectivity index (χ0n) is 10.8. The number of nitro benzene ring substituents is 1. The van der Waals surface area contributed by atoms with Crippen LogP contribution in [0.5, 0.6) is 0 Å². The summed E-state index contributed by atoms with van der Waals surface area (Å²) in [6.07, 6.45) is 3.81. The van der Waals surface area contributed by atoms with E-state index < -0.39 is 5.60 Å². The van der Waals surface area contributed by atoms with Gasteiger partial charge in [-0.25, -0.2) is 0 Å². The van der Waals surface area contributed by atoms with Gasteiger partial charge in [0, 0.05) is 25.3 Å². The van der Waals surface area contributed by atoms with Crippen molar-refractivity contribution in [3.05, 3.63) is 31.9 Å². The van der Waals surface area contributed by atoms with Crippen molar-refractivity contribution in [3.8, 4) is 0 Å². The fraction of sp³-hybridized carbons (Fsp3) is 0.538. The lowest BCUT2D eigenvalue weighted by Gasteiger charge is -2.30. The van der Waals surface area contributed by atoms with Crippen LogP contribution < -0.4 is 4.90 Å². The fourth-order valence-corrected chi connectivity index (χ4v) is 3.30. The van der Waals surface area contributed by atoms with Gasteiger partial charge < -0.3 is 10.0 Å². The summed E-state index contributed by atoms with van der Waals surface area (Å²) in [5.41, 5.74) is 0.412. The van der Waals surface area contributed by atoms with Crippen LogP contribution in [0.2, 0.25) is 0 Å². The van der Waals surface area contributed by atoms with Crippen LogP contribution in [0.25, 0.3) is 0 Å². The molecule has 0 spiro atoms. The third-order valence-electron chi connectivity index (χ3n) is 3.63. The maximum atomic E-state index is 10.8. The van der Waals surface area contributed by atoms with E-state index >= 15 is 0 Å². The van der Waals surface area contributed by atoms with Crippen LogP contribution in [0, 0.1) is 13.7 Å². The molecule has 1 aliphatic carbocycles. The number of halogens is 1. The summed E-state index contributed by atoms with van der Waals surface area (Å²) in [6, 6.07) is 5.04. The minimum atomic E-state index is -0.609. The van der Waals surface area contributed by atoms with E-state index in [4.69, 9.17) is 0 Å². The van der Waals surface area contributed by atoms with Crippen LogP contribution >= 0.6 is 22.6 Å². The predicted molar refractivity (Wildman–Crippen MR) is 82.5 cm³/mol. The molecule has 19 heavy (non-hydrogen) atoms. The maximum absolute atomic E-state index is 10.8. The molecule has 1 saturated carbocycles. The Morgan fingerprint density at radius 1 is 1.47 bits per heavy atom. The van der Waals surface area contributed by atoms with Gasteiger partial charge in [0.05, 0.1) is 14.1 Å². The highest BCUT2D eigenvalue weighted by molar-refractivity contribution is 14.1. The molecule has 0 saturated heterocycles. The number of nitrogens with zero attached hydrogens (tertiary/aromatic N) is 2. The zero-order valence-corrected chi connectivity index (χ0v) is 13.0. The van der Waals surface area contributed by atoms with E-state index in [9.17, 15) is 15.2 Å². The number of nitro groups is 1. The Morgan fingerprint density at radius 2 is 2.11 bits per heavy atom. The normalized spacial score (nSPS) is 17.4. The number of anilines is 1. The Balaban J connectivity index is 2.13. The second-order valence-corrected chi connectivity index (χ2v) is 6.34. The van der Waals surface area contributed by atoms with E-state index in [0.29, 0.717) is 10.1 Å². The molecule has 5 nitrogen and oxygen atoms in total. The highest BCUT2D eigenvalue weighted by Crippen LogP contribution is 2.32. The second-order valence-electron chi connectivity index (χ2n) is 5.18. The van der Waals surface area contributed by atoms with Crippen molar-refractivity contribution >= 4 is 34.0 Å². The van der Waals surface area contributed by atoms with Crippen molar-refractivity contribution in [2.24, 2.45) is 0 Å². The number of hydrogen-bond acceptors (Lipinski definition) is 4. The molecular weight excluding hydrogens is 359 g/mol. The van der Waals surface area contributed by atoms with Crippen LogP contribution in [0.1, 0.15) is 25.7 Å². The molecule has 0 heterocycles. The molecule has 0 atom stereocenters. The molecule has 2 rings (SSSR count). The first-order valence-electron chi connectivity index (χ1n) is 6.29. The molecule has 1 fully saturated rings. The van der Waals surface area contributed by atoms with Gasteiger partial charge in [-0.05, 0) is 47.6 Å². The van der Waals surface area contributed by atoms with Crippen molar-refractivity contribution in [1.82, 2.24) is 0 Å². The largest absolute Gasteiger partial charge is 0.388 e. The predicted octanol–water partition coefficient (Wildman–Crippen LogP) is 2.94. The van der Waals surface area contributed by atoms with Gasteiger partial charge >= 0.3 is 0 Å². The van der Waals surface area contributed by atoms with Crippen molar-refractivity contribution < 1.29 is 10.0 Å². The molecule has 104 valence electrons. The minimum absolute atomic E-state index is 0.123. The van der Waals surface area contributed by atoms with Crippen LogP contribution in [0.15, 0.2) is 18.2 Å². The molecule has 0 aliphatic heterocycles. The van der Waals surface area contributed by atoms with Gasteiger partial charge in [0.25, 0.3) is 5.69 Å². The Morgan fingerprint density at radius 3 is 2.63 bits per heavy atom. The summed E-state index contributed by atoms with van der Waals surface area (Å²) in [4.78, 5) is 12.4. The summed E-state index contributed by atoms with van der Waals surface area (Å²) in [5.74, 6) is 0. The summed E-state index contributed by atoms with van der Waals surface area (Å²) in [6.45, 7) is 0.570. The Kier molecular flexibility index (Phi) is 4.29. The first kappa shape index (κ1) is 14.5. The minimum Gasteiger partial charge on any atom is -0.388 e. The number of likely N-dealkylation sites (N-methyl/N-ethyl adjacent to an activating group) is 1. The lowest BCUT2D eigenvalue weighted by atomic mass is 10.0. The van der Waals surface area contributed by atoms with Gasteiger partial charge in [0.2, 0.25) is 0 Å². The Bertz CT molecular complexity index is 487. The van der Waals surface area contributed by atoms with E-state index in [1.807, 2.05) is 34.5 Å². The average molecular weight is 376 g/mol. The molecule has 0 amide bonds. The van der Waals surface area contributed by atoms with Crippen LogP contribution in [0.4, 0.5) is 11.4 Å². The molecule has 1 aromatic rings. The maximum Gasteiger partial charge on any atom is 0.282 e. The van der Waals surface area contributed by atoms with E-state index in [0.717, 1.165) is 31.4 Å². The SMILES string of the molecule is CN(CC1(O)CCCC1)c1ccc([N+](=O)[O-])c(I)c1. The highest BCUT2D eigenvalue weighted by Gasteiger charge is 2.32. The fourth-order valence-electron chi connectivity index (χ4n) is 2.61. The van der Waals surface area contributed by atoms with Crippen molar-refractivity contribution in [1.29, 1.82) is 0 Å². The van der Waals surface area contributed by atoms with E-state index in [-0.39, 0.29) is 10.6 Å². The Labute approximate surface area is 125 Å². The van der Waals surface area contributed by atoms with Gasteiger partial charge in [-0.3, -0.25) is 10.1 Å². The quantitative estimate of drug-likeness (QED) is 0.499. The number of rotatable bonds is 4. The van der Waals surface area contributed by atoms with Crippen molar-refractivity contribution in [2.45, 2.75) is 31.3 Å². The molecule has 1 aliphatic rings. The smallest absolute Gasteiger partial charge is 0.282 e. The first-order chi connectivity index (χ1) is 8.91. The monoisotopic (exact) mass is 376 g/mol. The number of hydrogen-bond donors (Lipinski definition) is 1. The third-order valence-corrected chi connectivity index (χ3v) is 4.50. The summed E-state index contributed by atoms with van der Waals surface area (Å²) >= 11 is 1.97. The topological polar surface area (TPSA) is 66.6 Å². The van der Waals surface area contributed by atoms with Crippen molar-refractivity contribution in [3.63, 3.8) is 0 Å². The van der Waals surface area contributed by atoms with E-state index in [1.54, 1.807) is 12.1 Å². The standard InChI is InChI=1S/C13H17IN2O3/c1-15(9-13(17)6-2-3-7-13)10-4-5-12(16(18)19)11(14)8-10/h4-5,8,17H,2-3,6-7,9H2,1H3. The summed E-state index contributed by atoms with van der Waals surface area (Å²) in [5, 5.41) is 21.2. The second kappa shape index (κ2) is 5.62. The molecule has 1 N–H and O–H groups in total. The van der Waals surface area contributed by atoms with E-state index in [1.165, 1.54) is 6.07 Å². The lowest BCUT2D eigenvalue weighted by molar-refractivity contribution is -0.385. The average Bonchev–Trinajstić information content (AvgIpc) is 2.75. The number of aliphatic hydroxyl groups is 1. The van der Waals surface area contributed by atoms with Crippen LogP contribution in [0.3, 0.4) is 0 Å². The molecule has 0 unspecified atom stereocenters. The molecule has 0 aromatic heterocycles. The molecule has 0 radical (unpaired) electrons. The van der Waals surface area contributed by atoms with E-state index in [2.05, 4.69) is 0 Å². The Hall–Kier alpha value is -0.890. The molecule has 1 aromatic carbocycles. The van der Waals surface area contributed by atoms with Gasteiger partial charge in [-0.2, -0.15) is 0 Å².